The molecule has 1 aliphatic carbocycles. The van der Waals surface area contributed by atoms with E-state index < -0.39 is 32.1 Å². The minimum atomic E-state index is -4.90. The van der Waals surface area contributed by atoms with E-state index in [0.717, 1.165) is 6.07 Å². The molecule has 1 aliphatic rings. The molecule has 6 nitrogen and oxygen atoms in total. The van der Waals surface area contributed by atoms with Gasteiger partial charge in [-0.3, -0.25) is 9.59 Å². The molecule has 0 aromatic heterocycles. The molecular formula is C14H7Na2O6S+. The van der Waals surface area contributed by atoms with Crippen LogP contribution in [0.1, 0.15) is 31.8 Å². The first kappa shape index (κ1) is 20.5. The standard InChI is InChI=1S/C14H8O6S.2Na/c15-9-5-1-3-7-11(9)13(16)8-4-2-6-10(21(18,19)20)12(8)14(7)17;;/h1-6,15H,(H,18,19,20);;/q;2*+1/p-1. The van der Waals surface area contributed by atoms with E-state index >= 15 is 0 Å². The molecule has 2 aromatic carbocycles. The zero-order valence-electron chi connectivity index (χ0n) is 12.4. The maximum absolute atomic E-state index is 12.4. The van der Waals surface area contributed by atoms with E-state index in [-0.39, 0.29) is 81.6 Å². The van der Waals surface area contributed by atoms with Crippen LogP contribution in [-0.2, 0) is 10.1 Å². The van der Waals surface area contributed by atoms with Gasteiger partial charge in [-0.2, -0.15) is 0 Å². The number of hydrogen-bond acceptors (Lipinski definition) is 6. The molecule has 0 spiro atoms. The van der Waals surface area contributed by atoms with Gasteiger partial charge in [-0.15, -0.1) is 0 Å². The van der Waals surface area contributed by atoms with E-state index in [1.165, 1.54) is 30.3 Å². The van der Waals surface area contributed by atoms with Gasteiger partial charge in [-0.05, 0) is 12.1 Å². The van der Waals surface area contributed by atoms with Gasteiger partial charge in [0, 0.05) is 11.1 Å². The number of rotatable bonds is 1. The molecule has 0 saturated carbocycles. The molecule has 3 rings (SSSR count). The summed E-state index contributed by atoms with van der Waals surface area (Å²) in [6.45, 7) is 0. The molecule has 2 aromatic rings. The minimum Gasteiger partial charge on any atom is -0.744 e. The van der Waals surface area contributed by atoms with Gasteiger partial charge in [0.05, 0.1) is 16.0 Å². The van der Waals surface area contributed by atoms with E-state index in [1.54, 1.807) is 0 Å². The summed E-state index contributed by atoms with van der Waals surface area (Å²) in [4.78, 5) is 24.0. The summed E-state index contributed by atoms with van der Waals surface area (Å²) in [7, 11) is -4.90. The van der Waals surface area contributed by atoms with Crippen molar-refractivity contribution in [3.05, 3.63) is 58.7 Å². The van der Waals surface area contributed by atoms with E-state index in [1.807, 2.05) is 0 Å². The monoisotopic (exact) mass is 349 g/mol. The molecule has 0 aliphatic heterocycles. The van der Waals surface area contributed by atoms with Crippen molar-refractivity contribution in [3.8, 4) is 5.75 Å². The number of carbonyl (C=O) groups is 2. The number of carbonyl (C=O) groups excluding carboxylic acids is 2. The molecule has 1 N–H and O–H groups in total. The van der Waals surface area contributed by atoms with Crippen LogP contribution in [0.4, 0.5) is 0 Å². The summed E-state index contributed by atoms with van der Waals surface area (Å²) in [5.41, 5.74) is -0.944. The van der Waals surface area contributed by atoms with Crippen molar-refractivity contribution in [2.24, 2.45) is 0 Å². The maximum Gasteiger partial charge on any atom is 1.00 e. The Hall–Kier alpha value is -0.510. The van der Waals surface area contributed by atoms with E-state index in [4.69, 9.17) is 0 Å². The molecule has 23 heavy (non-hydrogen) atoms. The smallest absolute Gasteiger partial charge is 0.744 e. The number of hydrogen-bond donors (Lipinski definition) is 1. The second-order valence-corrected chi connectivity index (χ2v) is 5.84. The Kier molecular flexibility index (Phi) is 6.40. The number of phenols is 1. The third-order valence-electron chi connectivity index (χ3n) is 3.28. The van der Waals surface area contributed by atoms with Gasteiger partial charge < -0.3 is 9.66 Å². The fourth-order valence-corrected chi connectivity index (χ4v) is 3.10. The van der Waals surface area contributed by atoms with Crippen LogP contribution in [0.2, 0.25) is 0 Å². The normalized spacial score (nSPS) is 12.6. The number of aromatic hydroxyl groups is 1. The van der Waals surface area contributed by atoms with Gasteiger partial charge >= 0.3 is 59.1 Å². The molecule has 0 unspecified atom stereocenters. The SMILES string of the molecule is O=C1c2cccc(S(=O)(=O)[O-])c2C(=O)c2cccc(O)c21.[Na+].[Na+]. The third-order valence-corrected chi connectivity index (χ3v) is 4.16. The number of ketones is 2. The summed E-state index contributed by atoms with van der Waals surface area (Å²) in [5.74, 6) is -1.83. The van der Waals surface area contributed by atoms with Crippen LogP contribution in [0.15, 0.2) is 41.3 Å². The van der Waals surface area contributed by atoms with E-state index in [2.05, 4.69) is 0 Å². The van der Waals surface area contributed by atoms with Crippen LogP contribution < -0.4 is 59.1 Å². The van der Waals surface area contributed by atoms with Crippen LogP contribution in [-0.4, -0.2) is 29.6 Å². The number of benzene rings is 2. The second-order valence-electron chi connectivity index (χ2n) is 4.49. The average Bonchev–Trinajstić information content (AvgIpc) is 2.43. The molecule has 0 radical (unpaired) electrons. The molecule has 0 saturated heterocycles. The van der Waals surface area contributed by atoms with Crippen molar-refractivity contribution >= 4 is 21.7 Å². The summed E-state index contributed by atoms with van der Waals surface area (Å²) in [6.07, 6.45) is 0. The first-order valence-electron chi connectivity index (χ1n) is 5.82. The van der Waals surface area contributed by atoms with Crippen LogP contribution >= 0.6 is 0 Å². The van der Waals surface area contributed by atoms with Crippen molar-refractivity contribution in [2.45, 2.75) is 4.90 Å². The fourth-order valence-electron chi connectivity index (χ4n) is 2.40. The fraction of sp³-hybridized carbons (Fsp3) is 0. The molecule has 0 bridgehead atoms. The first-order chi connectivity index (χ1) is 9.82. The van der Waals surface area contributed by atoms with Gasteiger partial charge in [0.2, 0.25) is 0 Å². The van der Waals surface area contributed by atoms with Crippen LogP contribution in [0, 0.1) is 0 Å². The minimum absolute atomic E-state index is 0. The molecule has 0 heterocycles. The number of phenolic OH excluding ortho intramolecular Hbond substituents is 1. The summed E-state index contributed by atoms with van der Waals surface area (Å²) in [5, 5.41) is 9.75. The van der Waals surface area contributed by atoms with Gasteiger partial charge in [-0.1, -0.05) is 24.3 Å². The Bertz CT molecular complexity index is 921. The van der Waals surface area contributed by atoms with Crippen molar-refractivity contribution in [1.82, 2.24) is 0 Å². The molecule has 9 heteroatoms. The maximum atomic E-state index is 12.4. The Morgan fingerprint density at radius 1 is 0.826 bits per heavy atom. The predicted octanol–water partition coefficient (Wildman–Crippen LogP) is -4.92. The third kappa shape index (κ3) is 3.33. The van der Waals surface area contributed by atoms with Crippen molar-refractivity contribution in [2.75, 3.05) is 0 Å². The summed E-state index contributed by atoms with van der Waals surface area (Å²) < 4.78 is 33.8. The average molecular weight is 349 g/mol. The zero-order valence-corrected chi connectivity index (χ0v) is 17.2. The van der Waals surface area contributed by atoms with Gasteiger partial charge in [0.25, 0.3) is 0 Å². The molecule has 0 fully saturated rings. The summed E-state index contributed by atoms with van der Waals surface area (Å²) >= 11 is 0. The van der Waals surface area contributed by atoms with Gasteiger partial charge in [0.1, 0.15) is 15.9 Å². The zero-order chi connectivity index (χ0) is 15.4. The Labute approximate surface area is 176 Å². The van der Waals surface area contributed by atoms with Gasteiger partial charge in [-0.25, -0.2) is 8.42 Å². The van der Waals surface area contributed by atoms with Crippen LogP contribution in [0.5, 0.6) is 5.75 Å². The second kappa shape index (κ2) is 7.16. The van der Waals surface area contributed by atoms with Crippen molar-refractivity contribution < 1.29 is 86.8 Å². The van der Waals surface area contributed by atoms with E-state index in [9.17, 15) is 27.7 Å². The predicted molar refractivity (Wildman–Crippen MR) is 69.4 cm³/mol. The van der Waals surface area contributed by atoms with Crippen LogP contribution in [0.3, 0.4) is 0 Å². The van der Waals surface area contributed by atoms with Crippen molar-refractivity contribution in [3.63, 3.8) is 0 Å². The summed E-state index contributed by atoms with van der Waals surface area (Å²) in [6, 6.07) is 7.35. The van der Waals surface area contributed by atoms with E-state index in [0.29, 0.717) is 0 Å². The topological polar surface area (TPSA) is 112 Å². The Morgan fingerprint density at radius 2 is 1.30 bits per heavy atom. The quantitative estimate of drug-likeness (QED) is 0.348. The van der Waals surface area contributed by atoms with Crippen molar-refractivity contribution in [1.29, 1.82) is 0 Å². The first-order valence-corrected chi connectivity index (χ1v) is 7.23. The molecule has 0 amide bonds. The molecule has 106 valence electrons. The molecular weight excluding hydrogens is 342 g/mol. The largest absolute Gasteiger partial charge is 1.00 e. The Morgan fingerprint density at radius 3 is 1.87 bits per heavy atom. The molecule has 0 atom stereocenters. The number of fused-ring (bicyclic) bond motifs is 2. The van der Waals surface area contributed by atoms with Gasteiger partial charge in [0.15, 0.2) is 11.6 Å². The van der Waals surface area contributed by atoms with Crippen LogP contribution in [0.25, 0.3) is 0 Å². The Balaban J connectivity index is 0.00000132.